The summed E-state index contributed by atoms with van der Waals surface area (Å²) in [7, 11) is 1.54. The average molecular weight is 564 g/mol. The van der Waals surface area contributed by atoms with Crippen LogP contribution in [-0.4, -0.2) is 102 Å². The Bertz CT molecular complexity index is 1440. The van der Waals surface area contributed by atoms with Crippen molar-refractivity contribution in [1.29, 1.82) is 0 Å². The van der Waals surface area contributed by atoms with Crippen LogP contribution in [0.5, 0.6) is 0 Å². The number of hydrogen-bond acceptors (Lipinski definition) is 7. The lowest BCUT2D eigenvalue weighted by molar-refractivity contribution is -0.132. The van der Waals surface area contributed by atoms with Crippen molar-refractivity contribution in [2.45, 2.75) is 25.9 Å². The van der Waals surface area contributed by atoms with E-state index in [-0.39, 0.29) is 11.9 Å². The number of rotatable bonds is 9. The van der Waals surface area contributed by atoms with Gasteiger partial charge in [0.15, 0.2) is 0 Å². The number of hydroxylamine groups is 1. The molecule has 4 amide bonds. The number of urea groups is 1. The molecule has 4 heterocycles. The summed E-state index contributed by atoms with van der Waals surface area (Å²) < 4.78 is 13.4. The maximum Gasteiger partial charge on any atom is 0.326 e. The first kappa shape index (κ1) is 28.7. The van der Waals surface area contributed by atoms with Crippen molar-refractivity contribution in [3.8, 4) is 0 Å². The molecule has 2 aromatic rings. The molecule has 1 aromatic heterocycles. The number of fused-ring (bicyclic) bond motifs is 4. The number of allylic oxidation sites excluding steroid dienone is 1. The Kier molecular flexibility index (Phi) is 8.99. The Morgan fingerprint density at radius 3 is 2.66 bits per heavy atom. The van der Waals surface area contributed by atoms with Gasteiger partial charge < -0.3 is 18.9 Å². The lowest BCUT2D eigenvalue weighted by Crippen LogP contribution is -2.56. The second-order valence-electron chi connectivity index (χ2n) is 10.4. The summed E-state index contributed by atoms with van der Waals surface area (Å²) in [5.41, 5.74) is 4.83. The number of nitrogens with one attached hydrogen (secondary N) is 1. The van der Waals surface area contributed by atoms with E-state index in [1.165, 1.54) is 4.90 Å². The van der Waals surface area contributed by atoms with Crippen molar-refractivity contribution in [3.05, 3.63) is 69.4 Å². The number of ether oxygens (including phenoxy) is 2. The van der Waals surface area contributed by atoms with Gasteiger partial charge in [-0.3, -0.25) is 24.6 Å². The number of aromatic nitrogens is 1. The first-order chi connectivity index (χ1) is 19.9. The van der Waals surface area contributed by atoms with Crippen molar-refractivity contribution >= 4 is 30.0 Å². The molecule has 3 aliphatic rings. The molecule has 1 unspecified atom stereocenters. The number of likely N-dealkylation sites (N-methyl/N-ethyl adjacent to an activating group) is 1. The minimum absolute atomic E-state index is 0.192. The molecular formula is C30H37N5O6. The van der Waals surface area contributed by atoms with Crippen LogP contribution in [0.3, 0.4) is 0 Å². The van der Waals surface area contributed by atoms with Crippen LogP contribution in [0.1, 0.15) is 40.0 Å². The fourth-order valence-corrected chi connectivity index (χ4v) is 5.79. The second kappa shape index (κ2) is 12.8. The molecule has 5 rings (SSSR count). The lowest BCUT2D eigenvalue weighted by Gasteiger charge is -2.41. The van der Waals surface area contributed by atoms with Crippen LogP contribution in [-0.2, 0) is 27.4 Å². The number of amides is 4. The molecule has 2 bridgehead atoms. The van der Waals surface area contributed by atoms with Gasteiger partial charge in [-0.05, 0) is 41.5 Å². The number of carbonyl (C=O) groups excluding carboxylic acids is 3. The minimum atomic E-state index is -0.578. The molecule has 0 saturated carbocycles. The van der Waals surface area contributed by atoms with Crippen molar-refractivity contribution < 1.29 is 29.1 Å². The van der Waals surface area contributed by atoms with Crippen molar-refractivity contribution in [2.75, 3.05) is 59.7 Å². The van der Waals surface area contributed by atoms with Gasteiger partial charge in [-0.1, -0.05) is 30.4 Å². The van der Waals surface area contributed by atoms with Gasteiger partial charge in [0.05, 0.1) is 38.9 Å². The Hall–Kier alpha value is -3.77. The van der Waals surface area contributed by atoms with E-state index in [9.17, 15) is 14.4 Å². The van der Waals surface area contributed by atoms with Crippen LogP contribution in [0, 0.1) is 0 Å². The fraction of sp³-hybridized carbons (Fsp3) is 0.433. The number of imide groups is 1. The highest BCUT2D eigenvalue weighted by molar-refractivity contribution is 6.01. The third-order valence-electron chi connectivity index (χ3n) is 7.98. The molecule has 0 aliphatic carbocycles. The quantitative estimate of drug-likeness (QED) is 0.261. The number of nitrogens with zero attached hydrogens (tertiary/aromatic N) is 4. The Labute approximate surface area is 238 Å². The van der Waals surface area contributed by atoms with Crippen LogP contribution in [0.2, 0.25) is 0 Å². The summed E-state index contributed by atoms with van der Waals surface area (Å²) in [6.07, 6.45) is 8.00. The van der Waals surface area contributed by atoms with Crippen molar-refractivity contribution in [1.82, 2.24) is 24.7 Å². The predicted octanol–water partition coefficient (Wildman–Crippen LogP) is 0.633. The summed E-state index contributed by atoms with van der Waals surface area (Å²) in [6, 6.07) is 6.69. The second-order valence-corrected chi connectivity index (χ2v) is 10.4. The van der Waals surface area contributed by atoms with Crippen molar-refractivity contribution in [3.63, 3.8) is 0 Å². The third-order valence-corrected chi connectivity index (χ3v) is 7.98. The molecule has 11 nitrogen and oxygen atoms in total. The van der Waals surface area contributed by atoms with E-state index in [1.54, 1.807) is 29.6 Å². The summed E-state index contributed by atoms with van der Waals surface area (Å²) in [4.78, 5) is 43.1. The van der Waals surface area contributed by atoms with Crippen molar-refractivity contribution in [2.24, 2.45) is 0 Å². The number of hydrogen-bond donors (Lipinski definition) is 2. The van der Waals surface area contributed by atoms with Crippen LogP contribution in [0.4, 0.5) is 4.79 Å². The molecule has 41 heavy (non-hydrogen) atoms. The summed E-state index contributed by atoms with van der Waals surface area (Å²) in [5, 5.41) is 10.9. The first-order valence-electron chi connectivity index (χ1n) is 13.9. The maximum atomic E-state index is 13.2. The average Bonchev–Trinajstić information content (AvgIpc) is 3.30. The van der Waals surface area contributed by atoms with Crippen LogP contribution in [0.25, 0.3) is 12.2 Å². The smallest absolute Gasteiger partial charge is 0.326 e. The van der Waals surface area contributed by atoms with Gasteiger partial charge in [0.1, 0.15) is 0 Å². The molecule has 3 aliphatic heterocycles. The van der Waals surface area contributed by atoms with Gasteiger partial charge >= 0.3 is 6.03 Å². The molecule has 1 aromatic carbocycles. The lowest BCUT2D eigenvalue weighted by atomic mass is 9.90. The first-order valence-corrected chi connectivity index (χ1v) is 13.9. The molecule has 1 atom stereocenters. The SMILES string of the molecule is C/C=c1/c2c(n(Cc3ccc(C(=O)NO)cc3)/c1=C/C=C\COCCN1CCOCC1)CN1CC2C(=O)N(C)C1=O. The summed E-state index contributed by atoms with van der Waals surface area (Å²) >= 11 is 0. The van der Waals surface area contributed by atoms with E-state index in [1.807, 2.05) is 43.4 Å². The van der Waals surface area contributed by atoms with Crippen LogP contribution in [0.15, 0.2) is 36.4 Å². The van der Waals surface area contributed by atoms with E-state index in [4.69, 9.17) is 14.7 Å². The summed E-state index contributed by atoms with van der Waals surface area (Å²) in [6.45, 7) is 8.63. The zero-order valence-electron chi connectivity index (χ0n) is 23.5. The fourth-order valence-electron chi connectivity index (χ4n) is 5.79. The molecule has 2 N–H and O–H groups in total. The minimum Gasteiger partial charge on any atom is -0.379 e. The highest BCUT2D eigenvalue weighted by Crippen LogP contribution is 2.32. The number of benzene rings is 1. The standard InChI is InChI=1S/C30H37N5O6/c1-3-23-25(6-4-5-14-40-15-11-33-12-16-41-17-13-33)35(18-21-7-9-22(10-8-21)28(36)31-39)26-20-34-19-24(27(23)26)29(37)32(2)30(34)38/h3-10,24,39H,11-20H2,1-2H3,(H,31,36)/b5-4-,23-3+,25-6+. The zero-order valence-corrected chi connectivity index (χ0v) is 23.5. The van der Waals surface area contributed by atoms with Gasteiger partial charge in [0.2, 0.25) is 5.91 Å². The van der Waals surface area contributed by atoms with Gasteiger partial charge in [-0.25, -0.2) is 10.3 Å². The highest BCUT2D eigenvalue weighted by Gasteiger charge is 2.44. The molecule has 218 valence electrons. The van der Waals surface area contributed by atoms with Crippen LogP contribution < -0.4 is 16.0 Å². The monoisotopic (exact) mass is 563 g/mol. The van der Waals surface area contributed by atoms with E-state index in [2.05, 4.69) is 9.47 Å². The molecule has 2 fully saturated rings. The molecule has 0 radical (unpaired) electrons. The van der Waals surface area contributed by atoms with E-state index in [0.717, 1.165) is 60.2 Å². The Morgan fingerprint density at radius 1 is 1.20 bits per heavy atom. The van der Waals surface area contributed by atoms with E-state index in [0.29, 0.717) is 38.4 Å². The predicted molar refractivity (Wildman–Crippen MR) is 152 cm³/mol. The third kappa shape index (κ3) is 5.98. The van der Waals surface area contributed by atoms with Gasteiger partial charge in [-0.2, -0.15) is 0 Å². The molecule has 11 heteroatoms. The van der Waals surface area contributed by atoms with Gasteiger partial charge in [0.25, 0.3) is 5.91 Å². The number of morpholine rings is 1. The topological polar surface area (TPSA) is 117 Å². The number of carbonyl (C=O) groups is 3. The Balaban J connectivity index is 1.44. The summed E-state index contributed by atoms with van der Waals surface area (Å²) in [5.74, 6) is -1.20. The normalized spacial score (nSPS) is 20.3. The maximum absolute atomic E-state index is 13.2. The largest absolute Gasteiger partial charge is 0.379 e. The van der Waals surface area contributed by atoms with Gasteiger partial charge in [0, 0.05) is 56.4 Å². The molecular weight excluding hydrogens is 526 g/mol. The van der Waals surface area contributed by atoms with Crippen LogP contribution >= 0.6 is 0 Å². The van der Waals surface area contributed by atoms with Gasteiger partial charge in [-0.15, -0.1) is 0 Å². The zero-order chi connectivity index (χ0) is 28.9. The molecule has 0 spiro atoms. The van der Waals surface area contributed by atoms with E-state index >= 15 is 0 Å². The molecule has 2 saturated heterocycles. The highest BCUT2D eigenvalue weighted by atomic mass is 16.5. The Morgan fingerprint density at radius 2 is 1.95 bits per heavy atom. The van der Waals surface area contributed by atoms with E-state index < -0.39 is 11.8 Å².